The van der Waals surface area contributed by atoms with Gasteiger partial charge in [-0.1, -0.05) is 48.2 Å². The van der Waals surface area contributed by atoms with Gasteiger partial charge in [0.15, 0.2) is 11.0 Å². The molecule has 2 heterocycles. The molecule has 234 valence electrons. The van der Waals surface area contributed by atoms with Crippen molar-refractivity contribution in [2.24, 2.45) is 4.99 Å². The number of thiocarbonyl (C=S) groups is 1. The number of hydrogen-bond donors (Lipinski definition) is 1. The van der Waals surface area contributed by atoms with E-state index in [0.717, 1.165) is 22.3 Å². The number of hydroxylamine groups is 1. The number of rotatable bonds is 9. The summed E-state index contributed by atoms with van der Waals surface area (Å²) < 4.78 is 47.9. The van der Waals surface area contributed by atoms with Crippen LogP contribution in [0.2, 0.25) is 0 Å². The number of aromatic nitrogens is 3. The molecule has 10 nitrogen and oxygen atoms in total. The number of nitrogens with one attached hydrogen (secondary N) is 1. The Morgan fingerprint density at radius 3 is 2.56 bits per heavy atom. The van der Waals surface area contributed by atoms with E-state index in [0.29, 0.717) is 29.0 Å². The number of aryl methyl sites for hydroxylation is 1. The van der Waals surface area contributed by atoms with Gasteiger partial charge in [-0.3, -0.25) is 14.5 Å². The third-order valence-corrected chi connectivity index (χ3v) is 7.63. The summed E-state index contributed by atoms with van der Waals surface area (Å²) in [4.78, 5) is 28.8. The Hall–Kier alpha value is -4.31. The number of nitrogens with zero attached hydrogens (tertiary/aromatic N) is 5. The van der Waals surface area contributed by atoms with Crippen LogP contribution in [0, 0.1) is 6.92 Å². The Balaban J connectivity index is 1.20. The molecule has 45 heavy (non-hydrogen) atoms. The minimum atomic E-state index is -4.76. The first-order valence-corrected chi connectivity index (χ1v) is 14.9. The lowest BCUT2D eigenvalue weighted by molar-refractivity contribution is -0.274. The maximum Gasteiger partial charge on any atom is 0.573 e. The number of carbonyl (C=O) groups excluding carboxylic acids is 1. The predicted octanol–water partition coefficient (Wildman–Crippen LogP) is 6.29. The molecule has 15 heteroatoms. The SMILES string of the molecule is COCc1ccc(C)cc1N1C(=O)CS/C1=N\C(=S)NOC(C)c1ccc(-c2ncn(-c3ccc(OC(F)(F)F)cc3)n2)cc1. The summed E-state index contributed by atoms with van der Waals surface area (Å²) in [5.74, 6) is 0.235. The zero-order valence-electron chi connectivity index (χ0n) is 24.2. The van der Waals surface area contributed by atoms with Gasteiger partial charge in [0.05, 0.1) is 23.7 Å². The normalized spacial score (nSPS) is 15.0. The molecule has 3 aromatic carbocycles. The highest BCUT2D eigenvalue weighted by atomic mass is 32.2. The van der Waals surface area contributed by atoms with Gasteiger partial charge in [0.1, 0.15) is 18.2 Å². The van der Waals surface area contributed by atoms with Crippen molar-refractivity contribution in [1.82, 2.24) is 20.2 Å². The molecule has 1 N–H and O–H groups in total. The second kappa shape index (κ2) is 13.8. The number of benzene rings is 3. The van der Waals surface area contributed by atoms with Crippen LogP contribution in [-0.4, -0.2) is 50.2 Å². The van der Waals surface area contributed by atoms with Crippen molar-refractivity contribution in [1.29, 1.82) is 0 Å². The van der Waals surface area contributed by atoms with Crippen molar-refractivity contribution in [3.63, 3.8) is 0 Å². The molecule has 1 saturated heterocycles. The Bertz CT molecular complexity index is 1710. The van der Waals surface area contributed by atoms with Crippen LogP contribution >= 0.6 is 24.0 Å². The number of ether oxygens (including phenoxy) is 2. The third-order valence-electron chi connectivity index (χ3n) is 6.53. The third kappa shape index (κ3) is 8.05. The molecular formula is C30H27F3N6O4S2. The Morgan fingerprint density at radius 1 is 1.13 bits per heavy atom. The Labute approximate surface area is 266 Å². The first kappa shape index (κ1) is 32.1. The van der Waals surface area contributed by atoms with Gasteiger partial charge < -0.3 is 9.47 Å². The number of thioether (sulfide) groups is 1. The van der Waals surface area contributed by atoms with Crippen LogP contribution in [0.15, 0.2) is 78.0 Å². The fraction of sp³-hybridized carbons (Fsp3) is 0.233. The van der Waals surface area contributed by atoms with E-state index in [-0.39, 0.29) is 22.5 Å². The fourth-order valence-electron chi connectivity index (χ4n) is 4.38. The van der Waals surface area contributed by atoms with E-state index in [1.807, 2.05) is 56.3 Å². The Kier molecular flexibility index (Phi) is 9.82. The van der Waals surface area contributed by atoms with Gasteiger partial charge in [0.2, 0.25) is 11.0 Å². The molecule has 4 aromatic rings. The number of carbonyl (C=O) groups is 1. The summed E-state index contributed by atoms with van der Waals surface area (Å²) >= 11 is 6.68. The van der Waals surface area contributed by atoms with E-state index in [9.17, 15) is 18.0 Å². The maximum atomic E-state index is 12.8. The van der Waals surface area contributed by atoms with E-state index in [1.54, 1.807) is 12.0 Å². The number of alkyl halides is 3. The highest BCUT2D eigenvalue weighted by Crippen LogP contribution is 2.31. The topological polar surface area (TPSA) is 103 Å². The van der Waals surface area contributed by atoms with E-state index >= 15 is 0 Å². The van der Waals surface area contributed by atoms with Crippen LogP contribution < -0.4 is 15.1 Å². The number of hydrogen-bond acceptors (Lipinski definition) is 8. The summed E-state index contributed by atoms with van der Waals surface area (Å²) in [6, 6.07) is 18.5. The highest BCUT2D eigenvalue weighted by Gasteiger charge is 2.32. The summed E-state index contributed by atoms with van der Waals surface area (Å²) in [5, 5.41) is 4.93. The standard InChI is InChI=1S/C30H27F3N6O4S2/c1-18-4-5-22(15-41-3)25(14-18)39-26(40)16-45-29(39)35-28(44)37-43-19(2)20-6-8-21(9-7-20)27-34-17-38(36-27)23-10-12-24(13-11-23)42-30(31,32)33/h4-14,17,19H,15-16H2,1-3H3,(H,37,44)/b35-29-. The molecule has 1 unspecified atom stereocenters. The monoisotopic (exact) mass is 656 g/mol. The summed E-state index contributed by atoms with van der Waals surface area (Å²) in [7, 11) is 1.60. The Morgan fingerprint density at radius 2 is 1.87 bits per heavy atom. The number of amides is 1. The van der Waals surface area contributed by atoms with Crippen LogP contribution in [0.4, 0.5) is 18.9 Å². The molecular weight excluding hydrogens is 629 g/mol. The molecule has 0 radical (unpaired) electrons. The molecule has 1 amide bonds. The molecule has 1 aliphatic rings. The number of aliphatic imine (C=N–C) groups is 1. The fourth-order valence-corrected chi connectivity index (χ4v) is 5.44. The van der Waals surface area contributed by atoms with E-state index in [4.69, 9.17) is 21.8 Å². The van der Waals surface area contributed by atoms with Crippen molar-refractivity contribution >= 4 is 45.9 Å². The van der Waals surface area contributed by atoms with E-state index < -0.39 is 12.5 Å². The molecule has 0 aliphatic carbocycles. The first-order valence-electron chi connectivity index (χ1n) is 13.5. The van der Waals surface area contributed by atoms with Gasteiger partial charge in [0, 0.05) is 18.2 Å². The van der Waals surface area contributed by atoms with Gasteiger partial charge in [-0.15, -0.1) is 18.3 Å². The van der Waals surface area contributed by atoms with Gasteiger partial charge in [-0.25, -0.2) is 15.1 Å². The number of methoxy groups -OCH3 is 1. The molecule has 1 aromatic heterocycles. The average Bonchev–Trinajstić information content (AvgIpc) is 3.64. The minimum Gasteiger partial charge on any atom is -0.406 e. The van der Waals surface area contributed by atoms with Crippen molar-refractivity contribution in [2.75, 3.05) is 17.8 Å². The maximum absolute atomic E-state index is 12.8. The summed E-state index contributed by atoms with van der Waals surface area (Å²) in [6.45, 7) is 4.13. The lowest BCUT2D eigenvalue weighted by Gasteiger charge is -2.20. The molecule has 5 rings (SSSR count). The lowest BCUT2D eigenvalue weighted by atomic mass is 10.1. The quantitative estimate of drug-likeness (QED) is 0.165. The van der Waals surface area contributed by atoms with Crippen molar-refractivity contribution < 1.29 is 32.3 Å². The number of halogens is 3. The van der Waals surface area contributed by atoms with E-state index in [1.165, 1.54) is 47.0 Å². The number of amidine groups is 1. The molecule has 1 aliphatic heterocycles. The van der Waals surface area contributed by atoms with Gasteiger partial charge in [0.25, 0.3) is 0 Å². The first-order chi connectivity index (χ1) is 21.5. The van der Waals surface area contributed by atoms with Crippen LogP contribution in [0.1, 0.15) is 29.7 Å². The predicted molar refractivity (Wildman–Crippen MR) is 168 cm³/mol. The summed E-state index contributed by atoms with van der Waals surface area (Å²) in [6.07, 6.45) is -3.71. The van der Waals surface area contributed by atoms with Gasteiger partial charge in [-0.2, -0.15) is 4.99 Å². The van der Waals surface area contributed by atoms with Crippen LogP contribution in [-0.2, 0) is 21.0 Å². The van der Waals surface area contributed by atoms with Crippen molar-refractivity contribution in [3.8, 4) is 22.8 Å². The van der Waals surface area contributed by atoms with Crippen LogP contribution in [0.25, 0.3) is 17.1 Å². The molecule has 1 atom stereocenters. The van der Waals surface area contributed by atoms with Gasteiger partial charge in [-0.05, 0) is 67.5 Å². The molecule has 0 bridgehead atoms. The minimum absolute atomic E-state index is 0.0642. The van der Waals surface area contributed by atoms with Crippen molar-refractivity contribution in [2.45, 2.75) is 32.9 Å². The highest BCUT2D eigenvalue weighted by molar-refractivity contribution is 8.15. The zero-order chi connectivity index (χ0) is 32.1. The molecule has 0 spiro atoms. The second-order valence-corrected chi connectivity index (χ2v) is 11.2. The number of anilines is 1. The average molecular weight is 657 g/mol. The van der Waals surface area contributed by atoms with Crippen LogP contribution in [0.3, 0.4) is 0 Å². The van der Waals surface area contributed by atoms with Crippen LogP contribution in [0.5, 0.6) is 5.75 Å². The zero-order valence-corrected chi connectivity index (χ0v) is 25.9. The molecule has 1 fully saturated rings. The van der Waals surface area contributed by atoms with Crippen molar-refractivity contribution in [3.05, 3.63) is 89.7 Å². The van der Waals surface area contributed by atoms with E-state index in [2.05, 4.69) is 25.3 Å². The smallest absolute Gasteiger partial charge is 0.406 e. The summed E-state index contributed by atoms with van der Waals surface area (Å²) in [5.41, 5.74) is 7.33. The lowest BCUT2D eigenvalue weighted by Crippen LogP contribution is -2.32. The molecule has 0 saturated carbocycles. The second-order valence-electron chi connectivity index (χ2n) is 9.82. The van der Waals surface area contributed by atoms with Gasteiger partial charge >= 0.3 is 6.36 Å². The largest absolute Gasteiger partial charge is 0.573 e.